The zero-order valence-electron chi connectivity index (χ0n) is 58.9. The van der Waals surface area contributed by atoms with Gasteiger partial charge in [-0.05, 0) is 223 Å². The largest absolute Gasteiger partial charge is 0.311 e. The lowest BCUT2D eigenvalue weighted by Crippen LogP contribution is -2.10. The standard InChI is InChI=1S/2C51H36N2/c1-35-24-33-46-47(34-35)51(36-14-4-2-5-15-36)45-21-9-8-20-44(45)50(46)37-25-27-39(28-26-37)52(38-16-6-3-7-17-38)40-29-31-41(32-30-40)53-48-22-12-10-18-42(48)43-19-11-13-23-49(43)53;1-35-24-33-46-47(34-35)51(45-21-9-8-20-44(45)50(46)36-14-4-2-5-15-36)37-25-27-39(28-26-37)52(38-16-6-3-7-17-38)40-29-31-41(32-30-40)53-48-22-12-10-18-42(48)43-19-11-13-23-49(43)53/h2*2-34H,1H3. The lowest BCUT2D eigenvalue weighted by Gasteiger charge is -2.26. The third-order valence-electron chi connectivity index (χ3n) is 21.2. The molecule has 0 atom stereocenters. The summed E-state index contributed by atoms with van der Waals surface area (Å²) < 4.78 is 4.74. The summed E-state index contributed by atoms with van der Waals surface area (Å²) in [5, 5.41) is 15.2. The molecule has 2 heterocycles. The third-order valence-corrected chi connectivity index (χ3v) is 21.2. The van der Waals surface area contributed by atoms with Crippen LogP contribution in [0.5, 0.6) is 0 Å². The van der Waals surface area contributed by atoms with Crippen LogP contribution in [-0.2, 0) is 0 Å². The molecule has 18 aromatic carbocycles. The first-order chi connectivity index (χ1) is 52.5. The van der Waals surface area contributed by atoms with E-state index in [1.807, 2.05) is 0 Å². The van der Waals surface area contributed by atoms with E-state index in [1.165, 1.54) is 142 Å². The number of nitrogens with zero attached hydrogens (tertiary/aromatic N) is 4. The highest BCUT2D eigenvalue weighted by Gasteiger charge is 2.23. The van der Waals surface area contributed by atoms with Gasteiger partial charge >= 0.3 is 0 Å². The van der Waals surface area contributed by atoms with Crippen molar-refractivity contribution in [1.29, 1.82) is 0 Å². The van der Waals surface area contributed by atoms with Crippen LogP contribution in [0.3, 0.4) is 0 Å². The predicted molar refractivity (Wildman–Crippen MR) is 452 cm³/mol. The van der Waals surface area contributed by atoms with Crippen LogP contribution >= 0.6 is 0 Å². The van der Waals surface area contributed by atoms with E-state index in [4.69, 9.17) is 0 Å². The Labute approximate surface area is 617 Å². The first-order valence-electron chi connectivity index (χ1n) is 36.6. The summed E-state index contributed by atoms with van der Waals surface area (Å²) in [5.74, 6) is 0. The summed E-state index contributed by atoms with van der Waals surface area (Å²) in [6.45, 7) is 4.37. The summed E-state index contributed by atoms with van der Waals surface area (Å²) >= 11 is 0. The summed E-state index contributed by atoms with van der Waals surface area (Å²) in [6, 6.07) is 145. The van der Waals surface area contributed by atoms with Gasteiger partial charge < -0.3 is 18.9 Å². The van der Waals surface area contributed by atoms with Crippen molar-refractivity contribution in [3.8, 4) is 55.9 Å². The van der Waals surface area contributed by atoms with E-state index in [9.17, 15) is 0 Å². The topological polar surface area (TPSA) is 16.3 Å². The molecule has 0 amide bonds. The molecule has 0 saturated heterocycles. The number of aryl methyl sites for hydroxylation is 2. The summed E-state index contributed by atoms with van der Waals surface area (Å²) in [7, 11) is 0. The van der Waals surface area contributed by atoms with Gasteiger partial charge in [-0.3, -0.25) is 0 Å². The fraction of sp³-hybridized carbons (Fsp3) is 0.0196. The molecule has 0 saturated carbocycles. The lowest BCUT2D eigenvalue weighted by atomic mass is 9.85. The molecule has 0 aliphatic carbocycles. The Bertz CT molecular complexity index is 6550. The fourth-order valence-electron chi connectivity index (χ4n) is 16.5. The summed E-state index contributed by atoms with van der Waals surface area (Å²) in [4.78, 5) is 4.69. The van der Waals surface area contributed by atoms with Crippen molar-refractivity contribution in [2.45, 2.75) is 13.8 Å². The maximum atomic E-state index is 2.37. The van der Waals surface area contributed by atoms with Gasteiger partial charge in [-0.1, -0.05) is 290 Å². The van der Waals surface area contributed by atoms with Crippen molar-refractivity contribution in [2.75, 3.05) is 9.80 Å². The average Bonchev–Trinajstić information content (AvgIpc) is 1.27. The van der Waals surface area contributed by atoms with Crippen LogP contribution < -0.4 is 9.80 Å². The van der Waals surface area contributed by atoms with Crippen molar-refractivity contribution in [3.63, 3.8) is 0 Å². The van der Waals surface area contributed by atoms with E-state index in [-0.39, 0.29) is 0 Å². The van der Waals surface area contributed by atoms with Gasteiger partial charge in [0.2, 0.25) is 0 Å². The maximum Gasteiger partial charge on any atom is 0.0541 e. The predicted octanol–water partition coefficient (Wildman–Crippen LogP) is 28.4. The number of aromatic nitrogens is 2. The molecule has 0 unspecified atom stereocenters. The number of hydrogen-bond donors (Lipinski definition) is 0. The highest BCUT2D eigenvalue weighted by molar-refractivity contribution is 6.23. The van der Waals surface area contributed by atoms with E-state index < -0.39 is 0 Å². The first-order valence-corrected chi connectivity index (χ1v) is 36.6. The lowest BCUT2D eigenvalue weighted by molar-refractivity contribution is 1.17. The zero-order valence-corrected chi connectivity index (χ0v) is 58.9. The molecule has 0 fully saturated rings. The van der Waals surface area contributed by atoms with E-state index in [0.29, 0.717) is 0 Å². The minimum atomic E-state index is 1.10. The summed E-state index contributed by atoms with van der Waals surface area (Å²) in [5.41, 5.74) is 26.3. The molecule has 0 radical (unpaired) electrons. The quantitative estimate of drug-likeness (QED) is 0.113. The van der Waals surface area contributed by atoms with E-state index in [2.05, 4.69) is 433 Å². The molecule has 106 heavy (non-hydrogen) atoms. The number of rotatable bonds is 12. The molecular formula is C102H72N4. The second-order valence-electron chi connectivity index (χ2n) is 27.6. The monoisotopic (exact) mass is 1350 g/mol. The molecule has 20 rings (SSSR count). The number of benzene rings is 18. The Hall–Kier alpha value is -13.8. The molecule has 0 spiro atoms. The van der Waals surface area contributed by atoms with E-state index in [1.54, 1.807) is 0 Å². The van der Waals surface area contributed by atoms with Gasteiger partial charge in [-0.25, -0.2) is 0 Å². The van der Waals surface area contributed by atoms with Crippen LogP contribution in [0.2, 0.25) is 0 Å². The van der Waals surface area contributed by atoms with Crippen LogP contribution in [0.15, 0.2) is 400 Å². The van der Waals surface area contributed by atoms with Crippen molar-refractivity contribution >= 4 is 121 Å². The zero-order chi connectivity index (χ0) is 70.6. The molecule has 0 aliphatic heterocycles. The van der Waals surface area contributed by atoms with E-state index in [0.717, 1.165) is 45.5 Å². The maximum absolute atomic E-state index is 2.37. The Balaban J connectivity index is 0.000000145. The molecule has 2 aromatic heterocycles. The fourth-order valence-corrected chi connectivity index (χ4v) is 16.5. The SMILES string of the molecule is Cc1ccc2c(-c3ccc(N(c4ccccc4)c4ccc(-n5c6ccccc6c6ccccc65)cc4)cc3)c3ccccc3c(-c3ccccc3)c2c1.Cc1ccc2c(-c3ccccc3)c3ccccc3c(-c3ccc(N(c4ccccc4)c4ccc(-n5c6ccccc6c6ccccc65)cc4)cc3)c2c1. The minimum Gasteiger partial charge on any atom is -0.311 e. The number of fused-ring (bicyclic) bond motifs is 10. The van der Waals surface area contributed by atoms with Crippen molar-refractivity contribution in [2.24, 2.45) is 0 Å². The Kier molecular flexibility index (Phi) is 16.0. The number of hydrogen-bond acceptors (Lipinski definition) is 2. The van der Waals surface area contributed by atoms with Gasteiger partial charge in [0, 0.05) is 67.0 Å². The second-order valence-corrected chi connectivity index (χ2v) is 27.6. The molecule has 0 N–H and O–H groups in total. The molecule has 20 aromatic rings. The Morgan fingerprint density at radius 3 is 0.689 bits per heavy atom. The minimum absolute atomic E-state index is 1.10. The van der Waals surface area contributed by atoms with Gasteiger partial charge in [0.1, 0.15) is 0 Å². The van der Waals surface area contributed by atoms with Crippen molar-refractivity contribution in [1.82, 2.24) is 9.13 Å². The van der Waals surface area contributed by atoms with Crippen LogP contribution in [0, 0.1) is 13.8 Å². The summed E-state index contributed by atoms with van der Waals surface area (Å²) in [6.07, 6.45) is 0. The van der Waals surface area contributed by atoms with Crippen LogP contribution in [-0.4, -0.2) is 9.13 Å². The van der Waals surface area contributed by atoms with Gasteiger partial charge in [0.15, 0.2) is 0 Å². The highest BCUT2D eigenvalue weighted by Crippen LogP contribution is 2.48. The molecular weight excluding hydrogens is 1280 g/mol. The normalized spacial score (nSPS) is 11.5. The molecule has 4 heteroatoms. The van der Waals surface area contributed by atoms with Gasteiger partial charge in [-0.2, -0.15) is 0 Å². The first kappa shape index (κ1) is 63.1. The van der Waals surface area contributed by atoms with Crippen molar-refractivity contribution in [3.05, 3.63) is 412 Å². The Morgan fingerprint density at radius 2 is 0.387 bits per heavy atom. The molecule has 4 nitrogen and oxygen atoms in total. The molecule has 0 aliphatic rings. The third kappa shape index (κ3) is 11.1. The number of anilines is 6. The van der Waals surface area contributed by atoms with Crippen LogP contribution in [0.1, 0.15) is 11.1 Å². The van der Waals surface area contributed by atoms with Gasteiger partial charge in [0.05, 0.1) is 22.1 Å². The average molecular weight is 1350 g/mol. The van der Waals surface area contributed by atoms with E-state index >= 15 is 0 Å². The van der Waals surface area contributed by atoms with Gasteiger partial charge in [-0.15, -0.1) is 0 Å². The van der Waals surface area contributed by atoms with Crippen LogP contribution in [0.25, 0.3) is 143 Å². The van der Waals surface area contributed by atoms with Gasteiger partial charge in [0.25, 0.3) is 0 Å². The second kappa shape index (κ2) is 26.9. The molecule has 0 bridgehead atoms. The number of para-hydroxylation sites is 6. The smallest absolute Gasteiger partial charge is 0.0541 e. The van der Waals surface area contributed by atoms with Crippen molar-refractivity contribution < 1.29 is 0 Å². The Morgan fingerprint density at radius 1 is 0.170 bits per heavy atom. The highest BCUT2D eigenvalue weighted by atomic mass is 15.1. The molecule has 500 valence electrons. The van der Waals surface area contributed by atoms with Crippen LogP contribution in [0.4, 0.5) is 34.1 Å².